The normalized spacial score (nSPS) is 19.4. The Morgan fingerprint density at radius 1 is 1.42 bits per heavy atom. The maximum absolute atomic E-state index is 10.9. The molecule has 2 N–H and O–H groups in total. The molecule has 0 radical (unpaired) electrons. The summed E-state index contributed by atoms with van der Waals surface area (Å²) >= 11 is 0. The van der Waals surface area contributed by atoms with Crippen molar-refractivity contribution in [1.29, 1.82) is 0 Å². The van der Waals surface area contributed by atoms with Crippen LogP contribution in [0.2, 0.25) is 0 Å². The van der Waals surface area contributed by atoms with Crippen LogP contribution in [0.25, 0.3) is 0 Å². The van der Waals surface area contributed by atoms with E-state index in [2.05, 4.69) is 22.6 Å². The minimum absolute atomic E-state index is 0.118. The molecule has 0 saturated carbocycles. The molecule has 19 heavy (non-hydrogen) atoms. The minimum atomic E-state index is -0.354. The van der Waals surface area contributed by atoms with E-state index in [9.17, 15) is 10.1 Å². The number of benzene rings is 1. The first-order valence-corrected chi connectivity index (χ1v) is 6.57. The fourth-order valence-corrected chi connectivity index (χ4v) is 2.39. The van der Waals surface area contributed by atoms with Crippen molar-refractivity contribution in [2.45, 2.75) is 19.4 Å². The smallest absolute Gasteiger partial charge is 0.273 e. The lowest BCUT2D eigenvalue weighted by Crippen LogP contribution is -2.23. The Morgan fingerprint density at radius 3 is 2.74 bits per heavy atom. The van der Waals surface area contributed by atoms with Crippen LogP contribution in [-0.4, -0.2) is 42.5 Å². The Balaban J connectivity index is 2.16. The first-order chi connectivity index (χ1) is 9.08. The van der Waals surface area contributed by atoms with Gasteiger partial charge >= 0.3 is 0 Å². The third-order valence-electron chi connectivity index (χ3n) is 3.27. The van der Waals surface area contributed by atoms with Crippen molar-refractivity contribution in [3.63, 3.8) is 0 Å². The summed E-state index contributed by atoms with van der Waals surface area (Å²) in [6.45, 7) is 4.75. The number of nitrogens with one attached hydrogen (secondary N) is 2. The van der Waals surface area contributed by atoms with Gasteiger partial charge in [0.25, 0.3) is 5.69 Å². The Bertz CT molecular complexity index is 464. The fourth-order valence-electron chi connectivity index (χ4n) is 2.39. The van der Waals surface area contributed by atoms with Crippen molar-refractivity contribution in [2.24, 2.45) is 0 Å². The van der Waals surface area contributed by atoms with Gasteiger partial charge in [-0.2, -0.15) is 0 Å². The van der Waals surface area contributed by atoms with Gasteiger partial charge < -0.3 is 15.5 Å². The van der Waals surface area contributed by atoms with E-state index in [-0.39, 0.29) is 10.6 Å². The highest BCUT2D eigenvalue weighted by atomic mass is 16.6. The van der Waals surface area contributed by atoms with Gasteiger partial charge in [-0.15, -0.1) is 0 Å². The number of hydrogen-bond acceptors (Lipinski definition) is 5. The van der Waals surface area contributed by atoms with Gasteiger partial charge in [0.1, 0.15) is 0 Å². The van der Waals surface area contributed by atoms with E-state index >= 15 is 0 Å². The third-order valence-corrected chi connectivity index (χ3v) is 3.27. The molecular formula is C13H20N4O2. The summed E-state index contributed by atoms with van der Waals surface area (Å²) in [6, 6.07) is 5.45. The Kier molecular flexibility index (Phi) is 4.21. The van der Waals surface area contributed by atoms with Crippen molar-refractivity contribution in [3.05, 3.63) is 28.3 Å². The Labute approximate surface area is 112 Å². The van der Waals surface area contributed by atoms with Crippen molar-refractivity contribution < 1.29 is 4.92 Å². The molecule has 1 unspecified atom stereocenters. The summed E-state index contributed by atoms with van der Waals surface area (Å²) in [6.07, 6.45) is 1.07. The number of nitrogens with zero attached hydrogens (tertiary/aromatic N) is 2. The lowest BCUT2D eigenvalue weighted by molar-refractivity contribution is -0.384. The minimum Gasteiger partial charge on any atom is -0.385 e. The number of nitro benzene ring substituents is 1. The quantitative estimate of drug-likeness (QED) is 0.630. The zero-order valence-electron chi connectivity index (χ0n) is 11.3. The topological polar surface area (TPSA) is 70.4 Å². The monoisotopic (exact) mass is 264 g/mol. The highest BCUT2D eigenvalue weighted by Gasteiger charge is 2.20. The molecule has 6 heteroatoms. The highest BCUT2D eigenvalue weighted by molar-refractivity contribution is 5.63. The lowest BCUT2D eigenvalue weighted by atomic mass is 10.2. The van der Waals surface area contributed by atoms with Crippen molar-refractivity contribution in [1.82, 2.24) is 4.90 Å². The number of hydrogen-bond donors (Lipinski definition) is 2. The van der Waals surface area contributed by atoms with Crippen LogP contribution in [0.1, 0.15) is 13.3 Å². The maximum atomic E-state index is 10.9. The molecule has 0 aliphatic carbocycles. The maximum Gasteiger partial charge on any atom is 0.273 e. The zero-order chi connectivity index (χ0) is 13.8. The second-order valence-electron chi connectivity index (χ2n) is 4.95. The summed E-state index contributed by atoms with van der Waals surface area (Å²) in [5.74, 6) is 0. The molecule has 0 bridgehead atoms. The van der Waals surface area contributed by atoms with Gasteiger partial charge in [-0.05, 0) is 33.0 Å². The first kappa shape index (κ1) is 13.6. The predicted octanol–water partition coefficient (Wildman–Crippen LogP) is 2.14. The van der Waals surface area contributed by atoms with Crippen LogP contribution in [0.3, 0.4) is 0 Å². The van der Waals surface area contributed by atoms with Gasteiger partial charge in [0, 0.05) is 42.6 Å². The molecule has 1 heterocycles. The van der Waals surface area contributed by atoms with E-state index in [4.69, 9.17) is 0 Å². The number of nitro groups is 1. The number of anilines is 2. The number of likely N-dealkylation sites (N-methyl/N-ethyl adjacent to an activating group) is 1. The van der Waals surface area contributed by atoms with Gasteiger partial charge in [0.15, 0.2) is 0 Å². The van der Waals surface area contributed by atoms with Gasteiger partial charge in [-0.3, -0.25) is 10.1 Å². The molecule has 0 amide bonds. The second-order valence-corrected chi connectivity index (χ2v) is 4.95. The average molecular weight is 264 g/mol. The molecule has 1 aliphatic heterocycles. The molecule has 1 aromatic rings. The molecule has 1 saturated heterocycles. The summed E-state index contributed by atoms with van der Waals surface area (Å²) in [7, 11) is 2.08. The molecule has 1 atom stereocenters. The first-order valence-electron chi connectivity index (χ1n) is 6.57. The fraction of sp³-hybridized carbons (Fsp3) is 0.538. The van der Waals surface area contributed by atoms with Crippen LogP contribution in [-0.2, 0) is 0 Å². The van der Waals surface area contributed by atoms with E-state index in [0.29, 0.717) is 6.04 Å². The number of rotatable bonds is 5. The second kappa shape index (κ2) is 5.88. The largest absolute Gasteiger partial charge is 0.385 e. The average Bonchev–Trinajstić information content (AvgIpc) is 2.75. The molecule has 6 nitrogen and oxygen atoms in total. The molecule has 0 aromatic heterocycles. The van der Waals surface area contributed by atoms with E-state index in [1.807, 2.05) is 13.0 Å². The van der Waals surface area contributed by atoms with Crippen LogP contribution in [0.5, 0.6) is 0 Å². The van der Waals surface area contributed by atoms with E-state index in [0.717, 1.165) is 37.4 Å². The number of non-ortho nitro benzene ring substituents is 1. The van der Waals surface area contributed by atoms with E-state index in [1.165, 1.54) is 0 Å². The molecule has 1 fully saturated rings. The number of likely N-dealkylation sites (tertiary alicyclic amines) is 1. The van der Waals surface area contributed by atoms with Crippen molar-refractivity contribution in [3.8, 4) is 0 Å². The van der Waals surface area contributed by atoms with E-state index < -0.39 is 0 Å². The van der Waals surface area contributed by atoms with E-state index in [1.54, 1.807) is 12.1 Å². The highest BCUT2D eigenvalue weighted by Crippen LogP contribution is 2.25. The van der Waals surface area contributed by atoms with Crippen LogP contribution in [0, 0.1) is 10.1 Å². The SMILES string of the molecule is CCNc1cc(NC2CCN(C)C2)cc([N+](=O)[O-])c1. The Hall–Kier alpha value is -1.82. The summed E-state index contributed by atoms with van der Waals surface area (Å²) in [5, 5.41) is 17.4. The van der Waals surface area contributed by atoms with Crippen molar-refractivity contribution in [2.75, 3.05) is 37.3 Å². The predicted molar refractivity (Wildman–Crippen MR) is 76.8 cm³/mol. The molecule has 1 aliphatic rings. The molecule has 1 aromatic carbocycles. The van der Waals surface area contributed by atoms with Crippen LogP contribution in [0.15, 0.2) is 18.2 Å². The molecule has 0 spiro atoms. The zero-order valence-corrected chi connectivity index (χ0v) is 11.3. The summed E-state index contributed by atoms with van der Waals surface area (Å²) in [4.78, 5) is 12.8. The molecule has 104 valence electrons. The van der Waals surface area contributed by atoms with Gasteiger partial charge in [-0.1, -0.05) is 0 Å². The molecular weight excluding hydrogens is 244 g/mol. The van der Waals surface area contributed by atoms with Crippen LogP contribution < -0.4 is 10.6 Å². The Morgan fingerprint density at radius 2 is 2.16 bits per heavy atom. The van der Waals surface area contributed by atoms with Gasteiger partial charge in [0.2, 0.25) is 0 Å². The lowest BCUT2D eigenvalue weighted by Gasteiger charge is -2.15. The molecule has 2 rings (SSSR count). The summed E-state index contributed by atoms with van der Waals surface area (Å²) < 4.78 is 0. The third kappa shape index (κ3) is 3.57. The van der Waals surface area contributed by atoms with Crippen LogP contribution >= 0.6 is 0 Å². The van der Waals surface area contributed by atoms with Crippen molar-refractivity contribution >= 4 is 17.1 Å². The standard InChI is InChI=1S/C13H20N4O2/c1-3-14-11-6-12(8-13(7-11)17(18)19)15-10-4-5-16(2)9-10/h6-8,10,14-15H,3-5,9H2,1-2H3. The van der Waals surface area contributed by atoms with Gasteiger partial charge in [0.05, 0.1) is 4.92 Å². The van der Waals surface area contributed by atoms with Crippen LogP contribution in [0.4, 0.5) is 17.1 Å². The van der Waals surface area contributed by atoms with Gasteiger partial charge in [-0.25, -0.2) is 0 Å². The summed E-state index contributed by atoms with van der Waals surface area (Å²) in [5.41, 5.74) is 1.71.